The molecule has 0 saturated heterocycles. The zero-order valence-electron chi connectivity index (χ0n) is 13.1. The van der Waals surface area contributed by atoms with Crippen molar-refractivity contribution >= 4 is 53.2 Å². The third kappa shape index (κ3) is 3.27. The third-order valence-electron chi connectivity index (χ3n) is 3.58. The quantitative estimate of drug-likeness (QED) is 0.307. The number of thiol groups is 2. The molecule has 130 valence electrons. The average molecular weight is 378 g/mol. The molecule has 0 unspecified atom stereocenters. The van der Waals surface area contributed by atoms with Gasteiger partial charge in [0.15, 0.2) is 11.3 Å². The second kappa shape index (κ2) is 7.28. The van der Waals surface area contributed by atoms with Gasteiger partial charge in [0.25, 0.3) is 0 Å². The zero-order chi connectivity index (χ0) is 18.0. The van der Waals surface area contributed by atoms with Crippen LogP contribution in [0.4, 0.5) is 0 Å². The van der Waals surface area contributed by atoms with E-state index >= 15 is 0 Å². The molecule has 2 aromatic carbocycles. The predicted octanol–water partition coefficient (Wildman–Crippen LogP) is 3.27. The first-order chi connectivity index (χ1) is 12.1. The Morgan fingerprint density at radius 1 is 1.08 bits per heavy atom. The van der Waals surface area contributed by atoms with E-state index in [-0.39, 0.29) is 39.2 Å². The maximum Gasteiger partial charge on any atom is 0.337 e. The van der Waals surface area contributed by atoms with Crippen LogP contribution in [0.25, 0.3) is 21.9 Å². The lowest BCUT2D eigenvalue weighted by atomic mass is 10.1. The first-order valence-corrected chi connectivity index (χ1v) is 8.45. The Morgan fingerprint density at radius 2 is 1.84 bits per heavy atom. The molecule has 25 heavy (non-hydrogen) atoms. The Kier molecular flexibility index (Phi) is 5.10. The van der Waals surface area contributed by atoms with Crippen LogP contribution < -0.4 is 14.9 Å². The van der Waals surface area contributed by atoms with Crippen molar-refractivity contribution < 1.29 is 23.4 Å². The largest absolute Gasteiger partial charge is 0.483 e. The number of hydrogen-bond donors (Lipinski definition) is 2. The third-order valence-corrected chi connectivity index (χ3v) is 3.84. The molecule has 0 saturated carbocycles. The minimum Gasteiger partial charge on any atom is -0.483 e. The average Bonchev–Trinajstić information content (AvgIpc) is 2.62. The van der Waals surface area contributed by atoms with Crippen molar-refractivity contribution in [2.75, 3.05) is 19.0 Å². The molecule has 0 aliphatic rings. The van der Waals surface area contributed by atoms with E-state index in [9.17, 15) is 9.59 Å². The first kappa shape index (κ1) is 17.5. The summed E-state index contributed by atoms with van der Waals surface area (Å²) in [6.45, 7) is 0. The molecule has 0 fully saturated rings. The summed E-state index contributed by atoms with van der Waals surface area (Å²) in [5.74, 6) is 0.447. The lowest BCUT2D eigenvalue weighted by Gasteiger charge is -2.11. The van der Waals surface area contributed by atoms with Crippen LogP contribution in [-0.4, -0.2) is 25.0 Å². The van der Waals surface area contributed by atoms with Crippen LogP contribution >= 0.6 is 25.3 Å². The lowest BCUT2D eigenvalue weighted by molar-refractivity contribution is 0.0601. The Hall–Kier alpha value is -2.32. The molecule has 0 aliphatic heterocycles. The minimum atomic E-state index is -0.535. The van der Waals surface area contributed by atoms with Gasteiger partial charge >= 0.3 is 5.97 Å². The molecule has 0 atom stereocenters. The van der Waals surface area contributed by atoms with Crippen LogP contribution in [0.5, 0.6) is 11.5 Å². The van der Waals surface area contributed by atoms with E-state index in [2.05, 4.69) is 30.0 Å². The fourth-order valence-corrected chi connectivity index (χ4v) is 2.77. The van der Waals surface area contributed by atoms with Crippen molar-refractivity contribution in [3.8, 4) is 11.5 Å². The Balaban J connectivity index is 2.33. The van der Waals surface area contributed by atoms with Crippen molar-refractivity contribution in [2.45, 2.75) is 0 Å². The van der Waals surface area contributed by atoms with E-state index in [4.69, 9.17) is 13.9 Å². The van der Waals surface area contributed by atoms with E-state index in [1.165, 1.54) is 19.2 Å². The Bertz CT molecular complexity index is 1010. The number of benzene rings is 2. The number of fused-ring (bicyclic) bond motifs is 2. The Labute approximate surface area is 153 Å². The van der Waals surface area contributed by atoms with Gasteiger partial charge in [0.2, 0.25) is 5.43 Å². The van der Waals surface area contributed by atoms with E-state index in [1.54, 1.807) is 18.2 Å². The minimum absolute atomic E-state index is 0.0997. The normalized spacial score (nSPS) is 10.8. The summed E-state index contributed by atoms with van der Waals surface area (Å²) in [5, 5.41) is 0.529. The number of hydrogen-bond acceptors (Lipinski definition) is 8. The van der Waals surface area contributed by atoms with Gasteiger partial charge in [-0.3, -0.25) is 4.79 Å². The van der Waals surface area contributed by atoms with Gasteiger partial charge in [-0.25, -0.2) is 4.79 Å². The van der Waals surface area contributed by atoms with Gasteiger partial charge in [0.1, 0.15) is 23.2 Å². The van der Waals surface area contributed by atoms with Gasteiger partial charge in [0, 0.05) is 6.07 Å². The molecular formula is C17H14O6S2. The summed E-state index contributed by atoms with van der Waals surface area (Å²) in [4.78, 5) is 24.6. The van der Waals surface area contributed by atoms with Gasteiger partial charge in [-0.2, -0.15) is 0 Å². The van der Waals surface area contributed by atoms with E-state index in [0.717, 1.165) is 0 Å². The van der Waals surface area contributed by atoms with Crippen LogP contribution in [-0.2, 0) is 4.74 Å². The van der Waals surface area contributed by atoms with Crippen LogP contribution in [0.3, 0.4) is 0 Å². The molecule has 3 aromatic rings. The molecule has 3 rings (SSSR count). The molecule has 6 nitrogen and oxygen atoms in total. The van der Waals surface area contributed by atoms with Gasteiger partial charge in [0.05, 0.1) is 23.4 Å². The summed E-state index contributed by atoms with van der Waals surface area (Å²) < 4.78 is 21.3. The maximum atomic E-state index is 12.9. The maximum absolute atomic E-state index is 12.9. The number of ether oxygens (including phenoxy) is 3. The molecule has 0 spiro atoms. The summed E-state index contributed by atoms with van der Waals surface area (Å²) >= 11 is 8.05. The lowest BCUT2D eigenvalue weighted by Crippen LogP contribution is -2.07. The number of rotatable bonds is 5. The molecule has 1 heterocycles. The van der Waals surface area contributed by atoms with Crippen LogP contribution in [0.1, 0.15) is 10.4 Å². The van der Waals surface area contributed by atoms with Crippen molar-refractivity contribution in [3.63, 3.8) is 0 Å². The number of carbonyl (C=O) groups excluding carboxylic acids is 1. The van der Waals surface area contributed by atoms with Crippen molar-refractivity contribution in [1.82, 2.24) is 0 Å². The fourth-order valence-electron chi connectivity index (χ4n) is 2.48. The van der Waals surface area contributed by atoms with Gasteiger partial charge < -0.3 is 18.6 Å². The van der Waals surface area contributed by atoms with Crippen molar-refractivity contribution in [2.24, 2.45) is 0 Å². The molecule has 1 aromatic heterocycles. The summed E-state index contributed by atoms with van der Waals surface area (Å²) in [5.41, 5.74) is 0.563. The van der Waals surface area contributed by atoms with E-state index in [0.29, 0.717) is 17.1 Å². The highest BCUT2D eigenvalue weighted by atomic mass is 32.1. The summed E-state index contributed by atoms with van der Waals surface area (Å²) in [6.07, 6.45) is 0. The van der Waals surface area contributed by atoms with Crippen LogP contribution in [0.15, 0.2) is 39.5 Å². The molecule has 0 aliphatic carbocycles. The molecular weight excluding hydrogens is 364 g/mol. The highest BCUT2D eigenvalue weighted by molar-refractivity contribution is 7.80. The fraction of sp³-hybridized carbons (Fsp3) is 0.176. The summed E-state index contributed by atoms with van der Waals surface area (Å²) in [6, 6.07) is 7.67. The van der Waals surface area contributed by atoms with Gasteiger partial charge in [-0.1, -0.05) is 0 Å². The monoisotopic (exact) mass is 378 g/mol. The SMILES string of the molecule is COC(=O)c1ccc2oc3c(OCS)cc(OCS)cc3c(=O)c2c1. The predicted molar refractivity (Wildman–Crippen MR) is 100 cm³/mol. The molecule has 0 radical (unpaired) electrons. The van der Waals surface area contributed by atoms with Crippen LogP contribution in [0, 0.1) is 0 Å². The number of carbonyl (C=O) groups is 1. The zero-order valence-corrected chi connectivity index (χ0v) is 14.9. The molecule has 0 bridgehead atoms. The second-order valence-corrected chi connectivity index (χ2v) is 5.50. The Morgan fingerprint density at radius 3 is 2.52 bits per heavy atom. The van der Waals surface area contributed by atoms with Crippen molar-refractivity contribution in [3.05, 3.63) is 46.1 Å². The number of methoxy groups -OCH3 is 1. The molecule has 8 heteroatoms. The van der Waals surface area contributed by atoms with Crippen molar-refractivity contribution in [1.29, 1.82) is 0 Å². The topological polar surface area (TPSA) is 75.0 Å². The molecule has 0 N–H and O–H groups in total. The van der Waals surface area contributed by atoms with E-state index in [1.807, 2.05) is 0 Å². The highest BCUT2D eigenvalue weighted by Gasteiger charge is 2.16. The van der Waals surface area contributed by atoms with Crippen LogP contribution in [0.2, 0.25) is 0 Å². The molecule has 0 amide bonds. The first-order valence-electron chi connectivity index (χ1n) is 7.19. The summed E-state index contributed by atoms with van der Waals surface area (Å²) in [7, 11) is 1.28. The standard InChI is InChI=1S/C17H14O6S2/c1-20-17(19)9-2-3-13-11(4-9)15(18)12-5-10(21-7-24)6-14(22-8-25)16(12)23-13/h2-6,24-25H,7-8H2,1H3. The highest BCUT2D eigenvalue weighted by Crippen LogP contribution is 2.32. The number of esters is 1. The van der Waals surface area contributed by atoms with Gasteiger partial charge in [-0.15, -0.1) is 25.3 Å². The smallest absolute Gasteiger partial charge is 0.337 e. The van der Waals surface area contributed by atoms with E-state index < -0.39 is 5.97 Å². The van der Waals surface area contributed by atoms with Gasteiger partial charge in [-0.05, 0) is 24.3 Å². The second-order valence-electron chi connectivity index (χ2n) is 4.98.